The van der Waals surface area contributed by atoms with Gasteiger partial charge in [0, 0.05) is 4.90 Å². The van der Waals surface area contributed by atoms with Crippen molar-refractivity contribution in [3.63, 3.8) is 0 Å². The Kier molecular flexibility index (Phi) is 13.4. The SMILES string of the molecule is CCCCC(=[C-][S@@](=O)(=NS(=O)(=O)c1ccc(C)cc1)c1ccc(C)cc1)CC.[CH2-]C.[Zn+2]. The van der Waals surface area contributed by atoms with Crippen molar-refractivity contribution in [3.8, 4) is 0 Å². The molecule has 0 aliphatic carbocycles. The van der Waals surface area contributed by atoms with Gasteiger partial charge < -0.3 is 12.3 Å². The number of allylic oxidation sites excluding steroid dienone is 1. The molecule has 166 valence electrons. The second-order valence-corrected chi connectivity index (χ2v) is 10.6. The Balaban J connectivity index is 0.00000291. The van der Waals surface area contributed by atoms with E-state index in [2.05, 4.69) is 23.0 Å². The van der Waals surface area contributed by atoms with Gasteiger partial charge in [-0.2, -0.15) is 15.3 Å². The first kappa shape index (κ1) is 29.7. The van der Waals surface area contributed by atoms with Crippen LogP contribution in [0.1, 0.15) is 57.6 Å². The molecule has 0 heterocycles. The number of hydrogen-bond acceptors (Lipinski definition) is 3. The molecule has 0 radical (unpaired) electrons. The van der Waals surface area contributed by atoms with Gasteiger partial charge in [0.2, 0.25) is 0 Å². The summed E-state index contributed by atoms with van der Waals surface area (Å²) in [5.74, 6) is 0. The molecular weight excluding hydrogens is 480 g/mol. The molecule has 0 aromatic heterocycles. The minimum atomic E-state index is -4.09. The van der Waals surface area contributed by atoms with Crippen molar-refractivity contribution in [2.45, 2.75) is 70.1 Å². The van der Waals surface area contributed by atoms with Gasteiger partial charge >= 0.3 is 19.5 Å². The third-order valence-electron chi connectivity index (χ3n) is 4.40. The van der Waals surface area contributed by atoms with Crippen LogP contribution < -0.4 is 0 Å². The van der Waals surface area contributed by atoms with Gasteiger partial charge in [-0.3, -0.25) is 4.21 Å². The summed E-state index contributed by atoms with van der Waals surface area (Å²) in [6, 6.07) is 13.3. The van der Waals surface area contributed by atoms with Gasteiger partial charge in [-0.05, 0) is 47.8 Å². The van der Waals surface area contributed by atoms with Crippen molar-refractivity contribution in [3.05, 3.63) is 77.6 Å². The minimum absolute atomic E-state index is 0. The van der Waals surface area contributed by atoms with Gasteiger partial charge in [0.15, 0.2) is 0 Å². The summed E-state index contributed by atoms with van der Waals surface area (Å²) in [5, 5.41) is 2.99. The standard InChI is InChI=1S/C22H28NO3S2.C2H5.Zn/c1-5-7-8-20(6-2)17-27(24,21-13-9-18(3)10-14-21)23-28(25,26)22-15-11-19(4)12-16-22;1-2;/h9-16H,5-8H2,1-4H3;1H2,2H3;/q2*-1;+2/t27-;;/m0../s1. The monoisotopic (exact) mass is 511 g/mol. The Bertz CT molecular complexity index is 1050. The zero-order valence-corrected chi connectivity index (χ0v) is 24.0. The van der Waals surface area contributed by atoms with Crippen LogP contribution >= 0.6 is 0 Å². The fourth-order valence-electron chi connectivity index (χ4n) is 2.62. The normalized spacial score (nSPS) is 13.3. The van der Waals surface area contributed by atoms with Crippen molar-refractivity contribution in [1.82, 2.24) is 0 Å². The second kappa shape index (κ2) is 14.0. The number of rotatable bonds is 8. The predicted octanol–water partition coefficient (Wildman–Crippen LogP) is 6.64. The Morgan fingerprint density at radius 3 is 1.74 bits per heavy atom. The molecular formula is C24H33NO3S2Zn. The first-order chi connectivity index (χ1) is 14.2. The average Bonchev–Trinajstić information content (AvgIpc) is 2.73. The minimum Gasteiger partial charge on any atom is -0.379 e. The van der Waals surface area contributed by atoms with Crippen LogP contribution in [0.25, 0.3) is 0 Å². The smallest absolute Gasteiger partial charge is 0.379 e. The van der Waals surface area contributed by atoms with Crippen LogP contribution in [0.15, 0.2) is 67.7 Å². The van der Waals surface area contributed by atoms with E-state index in [4.69, 9.17) is 0 Å². The van der Waals surface area contributed by atoms with E-state index in [1.54, 1.807) is 31.2 Å². The summed E-state index contributed by atoms with van der Waals surface area (Å²) in [7, 11) is -7.49. The van der Waals surface area contributed by atoms with Crippen LogP contribution in [-0.2, 0) is 39.2 Å². The molecule has 1 atom stereocenters. The van der Waals surface area contributed by atoms with Crippen LogP contribution in [0, 0.1) is 26.2 Å². The van der Waals surface area contributed by atoms with Crippen molar-refractivity contribution in [1.29, 1.82) is 0 Å². The summed E-state index contributed by atoms with van der Waals surface area (Å²) >= 11 is 0. The van der Waals surface area contributed by atoms with Gasteiger partial charge in [0.05, 0.1) is 4.90 Å². The zero-order valence-electron chi connectivity index (χ0n) is 19.3. The molecule has 0 unspecified atom stereocenters. The van der Waals surface area contributed by atoms with Crippen LogP contribution in [0.3, 0.4) is 0 Å². The molecule has 0 saturated carbocycles. The predicted molar refractivity (Wildman–Crippen MR) is 126 cm³/mol. The maximum atomic E-state index is 13.8. The molecule has 2 rings (SSSR count). The van der Waals surface area contributed by atoms with E-state index in [0.29, 0.717) is 11.3 Å². The molecule has 0 N–H and O–H groups in total. The van der Waals surface area contributed by atoms with E-state index in [0.717, 1.165) is 36.0 Å². The summed E-state index contributed by atoms with van der Waals surface area (Å²) < 4.78 is 43.5. The van der Waals surface area contributed by atoms with E-state index in [1.165, 1.54) is 12.1 Å². The van der Waals surface area contributed by atoms with Crippen LogP contribution in [-0.4, -0.2) is 12.6 Å². The first-order valence-electron chi connectivity index (χ1n) is 10.2. The Labute approximate surface area is 202 Å². The maximum Gasteiger partial charge on any atom is 2.00 e. The van der Waals surface area contributed by atoms with Gasteiger partial charge in [-0.25, -0.2) is 5.57 Å². The third kappa shape index (κ3) is 8.99. The molecule has 0 spiro atoms. The fourth-order valence-corrected chi connectivity index (χ4v) is 6.30. The van der Waals surface area contributed by atoms with E-state index in [9.17, 15) is 12.6 Å². The Morgan fingerprint density at radius 2 is 1.32 bits per heavy atom. The van der Waals surface area contributed by atoms with E-state index in [-0.39, 0.29) is 24.4 Å². The molecule has 0 bridgehead atoms. The van der Waals surface area contributed by atoms with Crippen molar-refractivity contribution >= 4 is 19.8 Å². The quantitative estimate of drug-likeness (QED) is 0.294. The van der Waals surface area contributed by atoms with Crippen molar-refractivity contribution in [2.24, 2.45) is 3.77 Å². The van der Waals surface area contributed by atoms with Crippen LogP contribution in [0.2, 0.25) is 0 Å². The molecule has 31 heavy (non-hydrogen) atoms. The Hall–Kier alpha value is -1.30. The number of sulfonamides is 1. The molecule has 2 aromatic carbocycles. The van der Waals surface area contributed by atoms with Crippen molar-refractivity contribution < 1.29 is 32.1 Å². The number of benzene rings is 2. The van der Waals surface area contributed by atoms with Gasteiger partial charge in [0.25, 0.3) is 10.0 Å². The molecule has 2 aromatic rings. The summed E-state index contributed by atoms with van der Waals surface area (Å²) in [4.78, 5) is 0.391. The molecule has 0 fully saturated rings. The first-order valence-corrected chi connectivity index (χ1v) is 13.2. The average molecular weight is 513 g/mol. The molecule has 4 nitrogen and oxygen atoms in total. The maximum absolute atomic E-state index is 13.8. The summed E-state index contributed by atoms with van der Waals surface area (Å²) in [5.41, 5.74) is 2.78. The largest absolute Gasteiger partial charge is 2.00 e. The molecule has 0 aliphatic heterocycles. The summed E-state index contributed by atoms with van der Waals surface area (Å²) in [6.07, 6.45) is 3.32. The number of hydrogen-bond donors (Lipinski definition) is 0. The van der Waals surface area contributed by atoms with Crippen LogP contribution in [0.5, 0.6) is 0 Å². The van der Waals surface area contributed by atoms with Crippen LogP contribution in [0.4, 0.5) is 0 Å². The molecule has 0 aliphatic rings. The van der Waals surface area contributed by atoms with E-state index < -0.39 is 19.8 Å². The van der Waals surface area contributed by atoms with E-state index >= 15 is 0 Å². The topological polar surface area (TPSA) is 63.6 Å². The molecule has 7 heteroatoms. The second-order valence-electron chi connectivity index (χ2n) is 6.86. The van der Waals surface area contributed by atoms with Gasteiger partial charge in [-0.15, -0.1) is 3.77 Å². The summed E-state index contributed by atoms with van der Waals surface area (Å²) in [6.45, 7) is 12.8. The van der Waals surface area contributed by atoms with Gasteiger partial charge in [0.1, 0.15) is 0 Å². The molecule has 0 saturated heterocycles. The third-order valence-corrected chi connectivity index (χ3v) is 8.37. The number of unbranched alkanes of at least 4 members (excludes halogenated alkanes) is 1. The molecule has 0 amide bonds. The van der Waals surface area contributed by atoms with E-state index in [1.807, 2.05) is 32.9 Å². The van der Waals surface area contributed by atoms with Crippen molar-refractivity contribution in [2.75, 3.05) is 0 Å². The zero-order chi connectivity index (χ0) is 22.8. The number of nitrogens with zero attached hydrogens (tertiary/aromatic N) is 1. The fraction of sp³-hybridized carbons (Fsp3) is 0.375. The number of aryl methyl sites for hydroxylation is 2. The Morgan fingerprint density at radius 1 is 0.871 bits per heavy atom. The van der Waals surface area contributed by atoms with Gasteiger partial charge in [-0.1, -0.05) is 74.9 Å².